The Bertz CT molecular complexity index is 612. The van der Waals surface area contributed by atoms with Gasteiger partial charge in [-0.3, -0.25) is 9.48 Å². The molecule has 2 heterocycles. The maximum atomic E-state index is 12.2. The Balaban J connectivity index is 2.15. The van der Waals surface area contributed by atoms with E-state index in [4.69, 9.17) is 0 Å². The summed E-state index contributed by atoms with van der Waals surface area (Å²) in [5.41, 5.74) is 2.63. The number of hydrogen-bond acceptors (Lipinski definition) is 3. The molecule has 0 spiro atoms. The zero-order valence-electron chi connectivity index (χ0n) is 11.9. The number of amides is 1. The number of aromatic nitrogens is 2. The van der Waals surface area contributed by atoms with Crippen LogP contribution in [0.1, 0.15) is 44.5 Å². The molecule has 4 nitrogen and oxygen atoms in total. The predicted octanol–water partition coefficient (Wildman–Crippen LogP) is 2.90. The summed E-state index contributed by atoms with van der Waals surface area (Å²) in [5, 5.41) is 7.22. The molecule has 19 heavy (non-hydrogen) atoms. The fraction of sp³-hybridized carbons (Fsp3) is 0.429. The molecule has 0 radical (unpaired) electrons. The van der Waals surface area contributed by atoms with Crippen LogP contribution < -0.4 is 5.32 Å². The van der Waals surface area contributed by atoms with Crippen molar-refractivity contribution in [3.05, 3.63) is 38.8 Å². The number of nitrogens with zero attached hydrogens (tertiary/aromatic N) is 2. The van der Waals surface area contributed by atoms with Crippen molar-refractivity contribution < 1.29 is 4.79 Å². The van der Waals surface area contributed by atoms with E-state index in [2.05, 4.69) is 30.3 Å². The second-order valence-corrected chi connectivity index (χ2v) is 6.32. The van der Waals surface area contributed by atoms with Crippen molar-refractivity contribution in [2.45, 2.75) is 33.7 Å². The first-order valence-corrected chi connectivity index (χ1v) is 7.08. The summed E-state index contributed by atoms with van der Waals surface area (Å²) in [6.45, 7) is 8.06. The molecule has 1 amide bonds. The van der Waals surface area contributed by atoms with Crippen molar-refractivity contribution in [1.82, 2.24) is 15.1 Å². The number of carbonyl (C=O) groups is 1. The quantitative estimate of drug-likeness (QED) is 0.937. The zero-order chi connectivity index (χ0) is 14.2. The molecule has 1 atom stereocenters. The molecule has 0 aliphatic rings. The first-order chi connectivity index (χ1) is 8.88. The molecule has 0 saturated carbocycles. The van der Waals surface area contributed by atoms with Gasteiger partial charge < -0.3 is 5.32 Å². The lowest BCUT2D eigenvalue weighted by Crippen LogP contribution is -2.28. The van der Waals surface area contributed by atoms with E-state index in [0.29, 0.717) is 5.69 Å². The van der Waals surface area contributed by atoms with E-state index in [1.54, 1.807) is 29.1 Å². The standard InChI is InChI=1S/C14H19N3OS/c1-8-6-13(17(5)16-8)14(18)15-10(3)12-7-9(2)19-11(12)4/h6-7,10H,1-5H3,(H,15,18). The highest BCUT2D eigenvalue weighted by molar-refractivity contribution is 7.12. The maximum Gasteiger partial charge on any atom is 0.270 e. The van der Waals surface area contributed by atoms with Crippen molar-refractivity contribution in [3.63, 3.8) is 0 Å². The number of thiophene rings is 1. The molecule has 1 N–H and O–H groups in total. The van der Waals surface area contributed by atoms with Crippen molar-refractivity contribution >= 4 is 17.2 Å². The van der Waals surface area contributed by atoms with Gasteiger partial charge >= 0.3 is 0 Å². The summed E-state index contributed by atoms with van der Waals surface area (Å²) < 4.78 is 1.61. The summed E-state index contributed by atoms with van der Waals surface area (Å²) in [6, 6.07) is 3.94. The van der Waals surface area contributed by atoms with Crippen molar-refractivity contribution in [2.24, 2.45) is 7.05 Å². The topological polar surface area (TPSA) is 46.9 Å². The van der Waals surface area contributed by atoms with Gasteiger partial charge in [0.05, 0.1) is 11.7 Å². The molecule has 2 aromatic heterocycles. The number of nitrogens with one attached hydrogen (secondary N) is 1. The van der Waals surface area contributed by atoms with Crippen LogP contribution in [-0.2, 0) is 7.05 Å². The molecule has 0 aliphatic heterocycles. The minimum absolute atomic E-state index is 0.00709. The Labute approximate surface area is 117 Å². The van der Waals surface area contributed by atoms with E-state index in [0.717, 1.165) is 5.69 Å². The smallest absolute Gasteiger partial charge is 0.270 e. The fourth-order valence-electron chi connectivity index (χ4n) is 2.25. The lowest BCUT2D eigenvalue weighted by atomic mass is 10.1. The third-order valence-electron chi connectivity index (χ3n) is 3.13. The highest BCUT2D eigenvalue weighted by atomic mass is 32.1. The monoisotopic (exact) mass is 277 g/mol. The van der Waals surface area contributed by atoms with Gasteiger partial charge in [-0.15, -0.1) is 11.3 Å². The zero-order valence-corrected chi connectivity index (χ0v) is 12.8. The lowest BCUT2D eigenvalue weighted by Gasteiger charge is -2.13. The van der Waals surface area contributed by atoms with E-state index in [9.17, 15) is 4.79 Å². The minimum atomic E-state index is -0.0844. The van der Waals surface area contributed by atoms with Gasteiger partial charge in [0.25, 0.3) is 5.91 Å². The van der Waals surface area contributed by atoms with Gasteiger partial charge in [-0.2, -0.15) is 5.10 Å². The maximum absolute atomic E-state index is 12.2. The SMILES string of the molecule is Cc1cc(C(=O)NC(C)c2cc(C)sc2C)n(C)n1. The molecule has 2 aromatic rings. The van der Waals surface area contributed by atoms with Gasteiger partial charge in [-0.05, 0) is 45.4 Å². The van der Waals surface area contributed by atoms with Crippen LogP contribution in [0.25, 0.3) is 0 Å². The molecule has 0 saturated heterocycles. The Kier molecular flexibility index (Phi) is 3.75. The second kappa shape index (κ2) is 5.17. The van der Waals surface area contributed by atoms with E-state index < -0.39 is 0 Å². The minimum Gasteiger partial charge on any atom is -0.344 e. The third-order valence-corrected chi connectivity index (χ3v) is 4.11. The van der Waals surface area contributed by atoms with Crippen molar-refractivity contribution in [2.75, 3.05) is 0 Å². The van der Waals surface area contributed by atoms with E-state index in [-0.39, 0.29) is 11.9 Å². The Hall–Kier alpha value is -1.62. The highest BCUT2D eigenvalue weighted by Crippen LogP contribution is 2.26. The molecule has 0 fully saturated rings. The van der Waals surface area contributed by atoms with E-state index in [1.807, 2.05) is 13.8 Å². The van der Waals surface area contributed by atoms with Gasteiger partial charge in [0.15, 0.2) is 0 Å². The Morgan fingerprint density at radius 2 is 2.05 bits per heavy atom. The first-order valence-electron chi connectivity index (χ1n) is 6.27. The Morgan fingerprint density at radius 1 is 1.37 bits per heavy atom. The second-order valence-electron chi connectivity index (χ2n) is 4.86. The average molecular weight is 277 g/mol. The van der Waals surface area contributed by atoms with Crippen LogP contribution in [0.2, 0.25) is 0 Å². The third kappa shape index (κ3) is 2.87. The molecule has 1 unspecified atom stereocenters. The average Bonchev–Trinajstić information content (AvgIpc) is 2.81. The summed E-state index contributed by atoms with van der Waals surface area (Å²) in [6.07, 6.45) is 0. The molecular formula is C14H19N3OS. The largest absolute Gasteiger partial charge is 0.344 e. The van der Waals surface area contributed by atoms with Crippen molar-refractivity contribution in [3.8, 4) is 0 Å². The van der Waals surface area contributed by atoms with Gasteiger partial charge in [0.1, 0.15) is 5.69 Å². The van der Waals surface area contributed by atoms with E-state index in [1.165, 1.54) is 15.3 Å². The van der Waals surface area contributed by atoms with Crippen LogP contribution in [0.15, 0.2) is 12.1 Å². The van der Waals surface area contributed by atoms with Crippen LogP contribution in [0.5, 0.6) is 0 Å². The lowest BCUT2D eigenvalue weighted by molar-refractivity contribution is 0.0930. The summed E-state index contributed by atoms with van der Waals surface area (Å²) in [5.74, 6) is -0.0844. The summed E-state index contributed by atoms with van der Waals surface area (Å²) >= 11 is 1.76. The number of hydrogen-bond donors (Lipinski definition) is 1. The Morgan fingerprint density at radius 3 is 2.53 bits per heavy atom. The van der Waals surface area contributed by atoms with E-state index >= 15 is 0 Å². The van der Waals surface area contributed by atoms with Crippen LogP contribution in [0.4, 0.5) is 0 Å². The normalized spacial score (nSPS) is 12.5. The summed E-state index contributed by atoms with van der Waals surface area (Å²) in [4.78, 5) is 14.7. The number of rotatable bonds is 3. The van der Waals surface area contributed by atoms with Crippen molar-refractivity contribution in [1.29, 1.82) is 0 Å². The highest BCUT2D eigenvalue weighted by Gasteiger charge is 2.17. The molecule has 0 bridgehead atoms. The molecule has 5 heteroatoms. The van der Waals surface area contributed by atoms with Gasteiger partial charge in [0, 0.05) is 16.8 Å². The van der Waals surface area contributed by atoms with Crippen LogP contribution >= 0.6 is 11.3 Å². The molecule has 0 aromatic carbocycles. The van der Waals surface area contributed by atoms with Crippen LogP contribution in [0.3, 0.4) is 0 Å². The summed E-state index contributed by atoms with van der Waals surface area (Å²) in [7, 11) is 1.78. The van der Waals surface area contributed by atoms with Gasteiger partial charge in [-0.1, -0.05) is 0 Å². The van der Waals surface area contributed by atoms with Crippen LogP contribution in [-0.4, -0.2) is 15.7 Å². The van der Waals surface area contributed by atoms with Gasteiger partial charge in [0.2, 0.25) is 0 Å². The first kappa shape index (κ1) is 13.8. The molecule has 0 aliphatic carbocycles. The fourth-order valence-corrected chi connectivity index (χ4v) is 3.27. The predicted molar refractivity (Wildman–Crippen MR) is 77.6 cm³/mol. The van der Waals surface area contributed by atoms with Crippen LogP contribution in [0, 0.1) is 20.8 Å². The molecule has 2 rings (SSSR count). The molecular weight excluding hydrogens is 258 g/mol. The van der Waals surface area contributed by atoms with Gasteiger partial charge in [-0.25, -0.2) is 0 Å². The molecule has 102 valence electrons. The number of aryl methyl sites for hydroxylation is 4. The number of carbonyl (C=O) groups excluding carboxylic acids is 1.